The second-order valence-electron chi connectivity index (χ2n) is 36.3. The minimum atomic E-state index is -1.47. The van der Waals surface area contributed by atoms with Crippen LogP contribution < -0.4 is 4.17 Å². The average Bonchev–Trinajstić information content (AvgIpc) is 0.816. The summed E-state index contributed by atoms with van der Waals surface area (Å²) in [7, 11) is -2.94. The zero-order chi connectivity index (χ0) is 75.6. The predicted molar refractivity (Wildman–Crippen MR) is 495 cm³/mol. The quantitative estimate of drug-likeness (QED) is 0.0327. The van der Waals surface area contributed by atoms with Crippen molar-refractivity contribution in [3.8, 4) is 0 Å². The highest BCUT2D eigenvalue weighted by molar-refractivity contribution is 7.73. The van der Waals surface area contributed by atoms with Crippen LogP contribution in [0.5, 0.6) is 0 Å². The molecular weight excluding hydrogens is 1300 g/mol. The van der Waals surface area contributed by atoms with E-state index >= 15 is 0 Å². The molecule has 0 aliphatic carbocycles. The lowest BCUT2D eigenvalue weighted by molar-refractivity contribution is 0.533. The topological polar surface area (TPSA) is 14.1 Å². The molecule has 0 bridgehead atoms. The maximum atomic E-state index is 7.18. The van der Waals surface area contributed by atoms with E-state index < -0.39 is 14.1 Å². The Morgan fingerprint density at radius 2 is 0.162 bits per heavy atom. The second-order valence-corrected chi connectivity index (χ2v) is 44.1. The summed E-state index contributed by atoms with van der Waals surface area (Å²) in [6.45, 7) is 14.1. The van der Waals surface area contributed by atoms with E-state index in [1.165, 1.54) is 578 Å². The number of unbranched alkanes of at least 4 members (excludes halogenated alkanes) is 84. The summed E-state index contributed by atoms with van der Waals surface area (Å²) in [5.74, 6) is 0. The summed E-state index contributed by atoms with van der Waals surface area (Å²) in [6, 6.07) is 0. The van der Waals surface area contributed by atoms with Crippen LogP contribution in [0.25, 0.3) is 0 Å². The number of nitrogens with zero attached hydrogens (tertiary/aromatic N) is 1. The second kappa shape index (κ2) is 93.4. The van der Waals surface area contributed by atoms with Crippen LogP contribution in [0.3, 0.4) is 0 Å². The molecule has 0 aromatic carbocycles. The van der Waals surface area contributed by atoms with Gasteiger partial charge in [-0.3, -0.25) is 0 Å². The lowest BCUT2D eigenvalue weighted by Crippen LogP contribution is -2.10. The molecule has 3 heteroatoms. The Morgan fingerprint density at radius 1 is 0.0952 bits per heavy atom. The molecule has 0 saturated heterocycles. The zero-order valence-electron chi connectivity index (χ0n) is 75.2. The monoisotopic (exact) mass is 1510 g/mol. The van der Waals surface area contributed by atoms with Crippen LogP contribution in [-0.2, 0) is 0 Å². The molecule has 0 aromatic rings. The van der Waals surface area contributed by atoms with Gasteiger partial charge in [0.25, 0.3) is 0 Å². The van der Waals surface area contributed by atoms with Gasteiger partial charge in [-0.1, -0.05) is 581 Å². The van der Waals surface area contributed by atoms with E-state index in [1.54, 1.807) is 37.0 Å². The molecule has 0 fully saturated rings. The molecular formula is C102H210NP2+. The largest absolute Gasteiger partial charge is 0.216 e. The first-order chi connectivity index (χ1) is 52.1. The Kier molecular flexibility index (Phi) is 93.9. The lowest BCUT2D eigenvalue weighted by atomic mass is 10.0. The fourth-order valence-electron chi connectivity index (χ4n) is 18.0. The third-order valence-corrected chi connectivity index (χ3v) is 35.4. The molecule has 0 amide bonds. The minimum absolute atomic E-state index is 1.37. The van der Waals surface area contributed by atoms with Crippen molar-refractivity contribution in [2.24, 2.45) is 0 Å². The average molecular weight is 1510 g/mol. The van der Waals surface area contributed by atoms with Gasteiger partial charge in [-0.05, 0) is 38.5 Å². The molecule has 0 radical (unpaired) electrons. The van der Waals surface area contributed by atoms with E-state index in [2.05, 4.69) is 41.5 Å². The van der Waals surface area contributed by atoms with E-state index in [9.17, 15) is 0 Å². The molecule has 0 saturated carbocycles. The van der Waals surface area contributed by atoms with Crippen LogP contribution in [0.1, 0.15) is 619 Å². The molecule has 0 aliphatic heterocycles. The molecule has 0 N–H and O–H groups in total. The van der Waals surface area contributed by atoms with Crippen molar-refractivity contribution in [1.29, 1.82) is 0 Å². The maximum absolute atomic E-state index is 7.18. The van der Waals surface area contributed by atoms with E-state index in [1.807, 2.05) is 0 Å². The first-order valence-electron chi connectivity index (χ1n) is 51.5. The van der Waals surface area contributed by atoms with Crippen molar-refractivity contribution >= 4 is 14.1 Å². The van der Waals surface area contributed by atoms with Crippen molar-refractivity contribution in [1.82, 2.24) is 4.17 Å². The SMILES string of the molecule is CCCCCCCCCCCCCCCCCP(CCCCCCCCCCCCCCCCC)(CCCCCCCCCCCCCCCCC)=[N+]=P(CCCCCCCCCCCCCCCCC)(CCCCCCCCCCCCCCCCC)CCCCCCCCCCCCCCCCC. The van der Waals surface area contributed by atoms with Gasteiger partial charge in [-0.2, -0.15) is 4.17 Å². The summed E-state index contributed by atoms with van der Waals surface area (Å²) < 4.78 is 7.18. The first kappa shape index (κ1) is 106. The van der Waals surface area contributed by atoms with Crippen molar-refractivity contribution in [3.63, 3.8) is 0 Å². The first-order valence-corrected chi connectivity index (χ1v) is 56.1. The molecule has 632 valence electrons. The minimum Gasteiger partial charge on any atom is -0.176 e. The van der Waals surface area contributed by atoms with Gasteiger partial charge in [-0.15, -0.1) is 0 Å². The van der Waals surface area contributed by atoms with Crippen molar-refractivity contribution in [2.45, 2.75) is 619 Å². The van der Waals surface area contributed by atoms with E-state index in [0.29, 0.717) is 0 Å². The van der Waals surface area contributed by atoms with E-state index in [0.717, 1.165) is 0 Å². The van der Waals surface area contributed by atoms with Gasteiger partial charge < -0.3 is 0 Å². The molecule has 0 unspecified atom stereocenters. The molecule has 0 aromatic heterocycles. The Balaban J connectivity index is 7.06. The molecule has 0 rings (SSSR count). The van der Waals surface area contributed by atoms with Gasteiger partial charge in [0.05, 0.1) is 0 Å². The summed E-state index contributed by atoms with van der Waals surface area (Å²) in [4.78, 5) is 0. The maximum Gasteiger partial charge on any atom is 0.216 e. The highest BCUT2D eigenvalue weighted by atomic mass is 31.2. The summed E-state index contributed by atoms with van der Waals surface area (Å²) in [5, 5.41) is 0. The van der Waals surface area contributed by atoms with Gasteiger partial charge in [0.15, 0.2) is 0 Å². The number of rotatable bonds is 96. The predicted octanol–water partition coefficient (Wildman–Crippen LogP) is 39.7. The van der Waals surface area contributed by atoms with E-state index in [4.69, 9.17) is 4.17 Å². The lowest BCUT2D eigenvalue weighted by Gasteiger charge is -2.20. The molecule has 1 nitrogen and oxygen atoms in total. The van der Waals surface area contributed by atoms with Gasteiger partial charge >= 0.3 is 0 Å². The van der Waals surface area contributed by atoms with Crippen LogP contribution >= 0.6 is 14.1 Å². The third kappa shape index (κ3) is 83.8. The number of hydrogen-bond acceptors (Lipinski definition) is 0. The fourth-order valence-corrected chi connectivity index (χ4v) is 29.6. The molecule has 0 atom stereocenters. The van der Waals surface area contributed by atoms with E-state index in [-0.39, 0.29) is 0 Å². The highest BCUT2D eigenvalue weighted by Crippen LogP contribution is 2.56. The Morgan fingerprint density at radius 3 is 0.238 bits per heavy atom. The van der Waals surface area contributed by atoms with Crippen LogP contribution in [0, 0.1) is 0 Å². The summed E-state index contributed by atoms with van der Waals surface area (Å²) in [5.41, 5.74) is 0. The molecule has 0 heterocycles. The van der Waals surface area contributed by atoms with Crippen LogP contribution in [0.4, 0.5) is 0 Å². The molecule has 105 heavy (non-hydrogen) atoms. The normalized spacial score (nSPS) is 12.1. The van der Waals surface area contributed by atoms with Crippen LogP contribution in [0.2, 0.25) is 0 Å². The Hall–Kier alpha value is 0.570. The standard InChI is InChI=1S/C102H210NP2/c1-7-13-19-25-31-37-43-49-55-61-67-73-79-85-91-97-104(98-92-86-80-74-68-62-56-50-44-38-32-26-20-14-8-2,99-93-87-81-75-69-63-57-51-45-39-33-27-21-15-9-3)103-105(100-94-88-82-76-70-64-58-52-46-40-34-28-22-16-10-4,101-95-89-83-77-71-65-59-53-47-41-35-29-23-17-11-5)102-96-90-84-78-72-66-60-54-48-42-36-30-24-18-12-6/h7-102H2,1-6H3/q+1. The van der Waals surface area contributed by atoms with Gasteiger partial charge in [0.2, 0.25) is 14.1 Å². The van der Waals surface area contributed by atoms with Gasteiger partial charge in [0, 0.05) is 37.0 Å². The Labute approximate surface area is 670 Å². The van der Waals surface area contributed by atoms with Crippen molar-refractivity contribution < 1.29 is 0 Å². The molecule has 0 aliphatic rings. The third-order valence-electron chi connectivity index (χ3n) is 25.4. The van der Waals surface area contributed by atoms with Crippen LogP contribution in [-0.4, -0.2) is 37.0 Å². The molecule has 0 spiro atoms. The van der Waals surface area contributed by atoms with Gasteiger partial charge in [0.1, 0.15) is 0 Å². The number of hydrogen-bond donors (Lipinski definition) is 0. The summed E-state index contributed by atoms with van der Waals surface area (Å²) >= 11 is 0. The highest BCUT2D eigenvalue weighted by Gasteiger charge is 2.35. The van der Waals surface area contributed by atoms with Gasteiger partial charge in [-0.25, -0.2) is 0 Å². The Bertz CT molecular complexity index is 1360. The zero-order valence-corrected chi connectivity index (χ0v) is 77.0. The smallest absolute Gasteiger partial charge is 0.176 e. The fraction of sp³-hybridized carbons (Fsp3) is 1.00. The van der Waals surface area contributed by atoms with Crippen molar-refractivity contribution in [2.75, 3.05) is 37.0 Å². The summed E-state index contributed by atoms with van der Waals surface area (Å²) in [6.07, 6.45) is 142. The van der Waals surface area contributed by atoms with Crippen LogP contribution in [0.15, 0.2) is 0 Å². The van der Waals surface area contributed by atoms with Crippen molar-refractivity contribution in [3.05, 3.63) is 0 Å².